The van der Waals surface area contributed by atoms with E-state index in [1.54, 1.807) is 12.1 Å². The van der Waals surface area contributed by atoms with Crippen molar-refractivity contribution in [2.75, 3.05) is 32.7 Å². The molecule has 0 saturated carbocycles. The maximum atomic E-state index is 13.0. The molecule has 0 bridgehead atoms. The summed E-state index contributed by atoms with van der Waals surface area (Å²) in [5.74, 6) is -1.23. The molecule has 12 heteroatoms. The van der Waals surface area contributed by atoms with Crippen LogP contribution in [0.25, 0.3) is 0 Å². The Morgan fingerprint density at radius 3 is 2.34 bits per heavy atom. The molecule has 0 unspecified atom stereocenters. The predicted octanol–water partition coefficient (Wildman–Crippen LogP) is 1.14. The van der Waals surface area contributed by atoms with Crippen LogP contribution in [0.2, 0.25) is 0 Å². The lowest BCUT2D eigenvalue weighted by molar-refractivity contribution is -0.150. The molecule has 1 atom stereocenters. The maximum Gasteiger partial charge on any atom is 0.324 e. The van der Waals surface area contributed by atoms with Crippen molar-refractivity contribution in [1.29, 1.82) is 0 Å². The first kappa shape index (κ1) is 23.4. The van der Waals surface area contributed by atoms with Crippen molar-refractivity contribution in [2.45, 2.75) is 30.7 Å². The SMILES string of the molecule is COc1cc(OC)nc(NC(=O)COC(=O)[C@@H]2CCCN2S(=O)(=O)c2ccc(C)cc2)n1. The zero-order chi connectivity index (χ0) is 23.3. The molecule has 1 aliphatic heterocycles. The number of sulfonamides is 1. The number of anilines is 1. The van der Waals surface area contributed by atoms with E-state index < -0.39 is 34.5 Å². The molecule has 2 heterocycles. The molecule has 0 radical (unpaired) electrons. The molecule has 1 saturated heterocycles. The smallest absolute Gasteiger partial charge is 0.324 e. The standard InChI is InChI=1S/C20H24N4O7S/c1-13-6-8-14(9-7-13)32(27,28)24-10-4-5-15(24)19(26)31-12-16(25)21-20-22-17(29-2)11-18(23-20)30-3/h6-9,11,15H,4-5,10,12H2,1-3H3,(H,21,22,23,25)/t15-/m0/s1. The summed E-state index contributed by atoms with van der Waals surface area (Å²) in [4.78, 5) is 32.8. The first-order valence-electron chi connectivity index (χ1n) is 9.76. The molecule has 1 aliphatic rings. The van der Waals surface area contributed by atoms with Gasteiger partial charge in [-0.2, -0.15) is 14.3 Å². The number of carbonyl (C=O) groups excluding carboxylic acids is 2. The van der Waals surface area contributed by atoms with E-state index in [2.05, 4.69) is 15.3 Å². The van der Waals surface area contributed by atoms with Crippen LogP contribution in [0.5, 0.6) is 11.8 Å². The van der Waals surface area contributed by atoms with Crippen molar-refractivity contribution in [3.05, 3.63) is 35.9 Å². The number of hydrogen-bond donors (Lipinski definition) is 1. The minimum absolute atomic E-state index is 0.0910. The zero-order valence-electron chi connectivity index (χ0n) is 17.9. The Kier molecular flexibility index (Phi) is 7.26. The van der Waals surface area contributed by atoms with Crippen LogP contribution in [0.4, 0.5) is 5.95 Å². The molecule has 1 amide bonds. The molecule has 32 heavy (non-hydrogen) atoms. The van der Waals surface area contributed by atoms with Gasteiger partial charge in [0, 0.05) is 6.54 Å². The van der Waals surface area contributed by atoms with Gasteiger partial charge >= 0.3 is 5.97 Å². The Bertz CT molecular complexity index is 1070. The Morgan fingerprint density at radius 1 is 1.12 bits per heavy atom. The van der Waals surface area contributed by atoms with E-state index >= 15 is 0 Å². The number of carbonyl (C=O) groups is 2. The fraction of sp³-hybridized carbons (Fsp3) is 0.400. The minimum Gasteiger partial charge on any atom is -0.481 e. The number of amides is 1. The molecular weight excluding hydrogens is 440 g/mol. The molecule has 0 spiro atoms. The van der Waals surface area contributed by atoms with E-state index in [0.29, 0.717) is 12.8 Å². The number of benzene rings is 1. The largest absolute Gasteiger partial charge is 0.481 e. The third kappa shape index (κ3) is 5.32. The molecule has 1 aromatic carbocycles. The van der Waals surface area contributed by atoms with Crippen LogP contribution < -0.4 is 14.8 Å². The minimum atomic E-state index is -3.87. The van der Waals surface area contributed by atoms with Gasteiger partial charge in [-0.25, -0.2) is 8.42 Å². The molecule has 2 aromatic rings. The van der Waals surface area contributed by atoms with Gasteiger partial charge in [0.1, 0.15) is 6.04 Å². The van der Waals surface area contributed by atoms with E-state index in [1.807, 2.05) is 6.92 Å². The van der Waals surface area contributed by atoms with Gasteiger partial charge in [0.25, 0.3) is 5.91 Å². The Balaban J connectivity index is 1.63. The zero-order valence-corrected chi connectivity index (χ0v) is 18.7. The summed E-state index contributed by atoms with van der Waals surface area (Å²) in [6, 6.07) is 6.82. The number of aromatic nitrogens is 2. The molecule has 3 rings (SSSR count). The van der Waals surface area contributed by atoms with Crippen LogP contribution in [0.15, 0.2) is 35.2 Å². The number of esters is 1. The van der Waals surface area contributed by atoms with Gasteiger partial charge in [0.15, 0.2) is 6.61 Å². The molecule has 11 nitrogen and oxygen atoms in total. The second kappa shape index (κ2) is 9.92. The Morgan fingerprint density at radius 2 is 1.75 bits per heavy atom. The van der Waals surface area contributed by atoms with Crippen molar-refractivity contribution in [1.82, 2.24) is 14.3 Å². The average Bonchev–Trinajstić information content (AvgIpc) is 3.28. The molecule has 1 aromatic heterocycles. The van der Waals surface area contributed by atoms with Gasteiger partial charge in [0.2, 0.25) is 27.7 Å². The van der Waals surface area contributed by atoms with Crippen molar-refractivity contribution < 1.29 is 32.2 Å². The first-order chi connectivity index (χ1) is 15.2. The molecular formula is C20H24N4O7S. The van der Waals surface area contributed by atoms with E-state index in [-0.39, 0.29) is 29.1 Å². The normalized spacial score (nSPS) is 16.4. The highest BCUT2D eigenvalue weighted by atomic mass is 32.2. The third-order valence-electron chi connectivity index (χ3n) is 4.80. The topological polar surface area (TPSA) is 137 Å². The lowest BCUT2D eigenvalue weighted by atomic mass is 10.2. The number of ether oxygens (including phenoxy) is 3. The molecule has 0 aliphatic carbocycles. The monoisotopic (exact) mass is 464 g/mol. The summed E-state index contributed by atoms with van der Waals surface area (Å²) in [6.45, 7) is 1.42. The van der Waals surface area contributed by atoms with Gasteiger partial charge in [0.05, 0.1) is 25.2 Å². The van der Waals surface area contributed by atoms with E-state index in [0.717, 1.165) is 9.87 Å². The quantitative estimate of drug-likeness (QED) is 0.570. The summed E-state index contributed by atoms with van der Waals surface area (Å²) < 4.78 is 42.1. The van der Waals surface area contributed by atoms with E-state index in [4.69, 9.17) is 14.2 Å². The van der Waals surface area contributed by atoms with Crippen LogP contribution >= 0.6 is 0 Å². The van der Waals surface area contributed by atoms with Crippen LogP contribution in [-0.2, 0) is 24.3 Å². The lowest BCUT2D eigenvalue weighted by Gasteiger charge is -2.22. The third-order valence-corrected chi connectivity index (χ3v) is 6.72. The Labute approximate surface area is 185 Å². The highest BCUT2D eigenvalue weighted by Gasteiger charge is 2.40. The highest BCUT2D eigenvalue weighted by molar-refractivity contribution is 7.89. The van der Waals surface area contributed by atoms with Crippen LogP contribution in [0, 0.1) is 6.92 Å². The van der Waals surface area contributed by atoms with Crippen LogP contribution in [0.3, 0.4) is 0 Å². The molecule has 172 valence electrons. The fourth-order valence-electron chi connectivity index (χ4n) is 3.17. The summed E-state index contributed by atoms with van der Waals surface area (Å²) in [7, 11) is -1.08. The fourth-order valence-corrected chi connectivity index (χ4v) is 4.82. The number of nitrogens with zero attached hydrogens (tertiary/aromatic N) is 3. The summed E-state index contributed by atoms with van der Waals surface area (Å²) in [5.41, 5.74) is 0.921. The maximum absolute atomic E-state index is 13.0. The van der Waals surface area contributed by atoms with E-state index in [9.17, 15) is 18.0 Å². The first-order valence-corrected chi connectivity index (χ1v) is 11.2. The second-order valence-electron chi connectivity index (χ2n) is 7.02. The predicted molar refractivity (Wildman–Crippen MR) is 113 cm³/mol. The molecule has 1 N–H and O–H groups in total. The van der Waals surface area contributed by atoms with Gasteiger partial charge < -0.3 is 14.2 Å². The van der Waals surface area contributed by atoms with Crippen LogP contribution in [0.1, 0.15) is 18.4 Å². The molecule has 1 fully saturated rings. The summed E-state index contributed by atoms with van der Waals surface area (Å²) in [6.07, 6.45) is 0.816. The summed E-state index contributed by atoms with van der Waals surface area (Å²) >= 11 is 0. The average molecular weight is 465 g/mol. The lowest BCUT2D eigenvalue weighted by Crippen LogP contribution is -2.42. The highest BCUT2D eigenvalue weighted by Crippen LogP contribution is 2.27. The van der Waals surface area contributed by atoms with Crippen molar-refractivity contribution in [2.24, 2.45) is 0 Å². The van der Waals surface area contributed by atoms with Gasteiger partial charge in [-0.1, -0.05) is 17.7 Å². The number of methoxy groups -OCH3 is 2. The van der Waals surface area contributed by atoms with Crippen molar-refractivity contribution in [3.63, 3.8) is 0 Å². The van der Waals surface area contributed by atoms with Gasteiger partial charge in [-0.3, -0.25) is 14.9 Å². The number of nitrogens with one attached hydrogen (secondary N) is 1. The number of hydrogen-bond acceptors (Lipinski definition) is 9. The van der Waals surface area contributed by atoms with E-state index in [1.165, 1.54) is 32.4 Å². The van der Waals surface area contributed by atoms with Crippen molar-refractivity contribution in [3.8, 4) is 11.8 Å². The summed E-state index contributed by atoms with van der Waals surface area (Å²) in [5, 5.41) is 2.38. The van der Waals surface area contributed by atoms with Crippen molar-refractivity contribution >= 4 is 27.8 Å². The van der Waals surface area contributed by atoms with Gasteiger partial charge in [-0.05, 0) is 31.9 Å². The number of rotatable bonds is 8. The van der Waals surface area contributed by atoms with Crippen LogP contribution in [-0.4, -0.2) is 68.0 Å². The number of aryl methyl sites for hydroxylation is 1. The Hall–Kier alpha value is -3.25. The van der Waals surface area contributed by atoms with Gasteiger partial charge in [-0.15, -0.1) is 0 Å². The second-order valence-corrected chi connectivity index (χ2v) is 8.91.